The molecule has 130 valence electrons. The zero-order valence-corrected chi connectivity index (χ0v) is 13.4. The molecule has 0 aliphatic carbocycles. The van der Waals surface area contributed by atoms with Crippen molar-refractivity contribution < 1.29 is 27.4 Å². The molecular weight excluding hydrogens is 313 g/mol. The van der Waals surface area contributed by atoms with Crippen molar-refractivity contribution in [1.82, 2.24) is 9.88 Å². The van der Waals surface area contributed by atoms with Crippen LogP contribution in [0.5, 0.6) is 5.88 Å². The van der Waals surface area contributed by atoms with E-state index < -0.39 is 12.8 Å². The predicted octanol–water partition coefficient (Wildman–Crippen LogP) is 2.77. The van der Waals surface area contributed by atoms with Gasteiger partial charge >= 0.3 is 6.18 Å². The average Bonchev–Trinajstić information content (AvgIpc) is 2.48. The molecule has 1 heterocycles. The summed E-state index contributed by atoms with van der Waals surface area (Å²) in [5, 5.41) is 0. The van der Waals surface area contributed by atoms with E-state index in [1.807, 2.05) is 13.8 Å². The van der Waals surface area contributed by atoms with Crippen LogP contribution in [0.25, 0.3) is 0 Å². The van der Waals surface area contributed by atoms with Crippen molar-refractivity contribution in [3.63, 3.8) is 0 Å². The quantitative estimate of drug-likeness (QED) is 0.733. The van der Waals surface area contributed by atoms with E-state index in [1.165, 1.54) is 18.3 Å². The van der Waals surface area contributed by atoms with Gasteiger partial charge in [-0.05, 0) is 12.0 Å². The third kappa shape index (κ3) is 7.32. The monoisotopic (exact) mass is 334 g/mol. The number of ether oxygens (including phenoxy) is 2. The Hall–Kier alpha value is -1.83. The Morgan fingerprint density at radius 1 is 1.35 bits per heavy atom. The fourth-order valence-electron chi connectivity index (χ4n) is 1.85. The molecule has 0 unspecified atom stereocenters. The summed E-state index contributed by atoms with van der Waals surface area (Å²) in [7, 11) is 1.55. The van der Waals surface area contributed by atoms with Gasteiger partial charge in [0.05, 0.1) is 12.2 Å². The van der Waals surface area contributed by atoms with Gasteiger partial charge in [-0.3, -0.25) is 4.79 Å². The first-order valence-corrected chi connectivity index (χ1v) is 7.16. The van der Waals surface area contributed by atoms with Crippen LogP contribution in [0, 0.1) is 5.92 Å². The van der Waals surface area contributed by atoms with Crippen LogP contribution in [-0.2, 0) is 4.74 Å². The van der Waals surface area contributed by atoms with Gasteiger partial charge in [0, 0.05) is 32.5 Å². The van der Waals surface area contributed by atoms with Crippen molar-refractivity contribution in [2.45, 2.75) is 20.0 Å². The van der Waals surface area contributed by atoms with Crippen LogP contribution in [-0.4, -0.2) is 55.4 Å². The van der Waals surface area contributed by atoms with E-state index in [-0.39, 0.29) is 17.7 Å². The van der Waals surface area contributed by atoms with Gasteiger partial charge in [0.1, 0.15) is 0 Å². The molecule has 0 fully saturated rings. The van der Waals surface area contributed by atoms with Crippen LogP contribution in [0.1, 0.15) is 24.2 Å². The van der Waals surface area contributed by atoms with Gasteiger partial charge in [-0.25, -0.2) is 4.98 Å². The molecule has 0 aliphatic rings. The SMILES string of the molecule is COCCN(CC(C)C)C(=O)c1ccc(OCC(F)(F)F)nc1. The number of carbonyl (C=O) groups is 1. The van der Waals surface area contributed by atoms with Gasteiger partial charge in [0.15, 0.2) is 6.61 Å². The summed E-state index contributed by atoms with van der Waals surface area (Å²) in [6, 6.07) is 2.66. The molecule has 0 atom stereocenters. The van der Waals surface area contributed by atoms with Crippen LogP contribution >= 0.6 is 0 Å². The van der Waals surface area contributed by atoms with E-state index in [4.69, 9.17) is 4.74 Å². The maximum atomic E-state index is 12.4. The van der Waals surface area contributed by atoms with Crippen molar-refractivity contribution in [2.75, 3.05) is 33.4 Å². The highest BCUT2D eigenvalue weighted by atomic mass is 19.4. The molecular formula is C15H21F3N2O3. The first-order valence-electron chi connectivity index (χ1n) is 7.16. The second-order valence-electron chi connectivity index (χ2n) is 5.43. The van der Waals surface area contributed by atoms with Crippen LogP contribution in [0.3, 0.4) is 0 Å². The van der Waals surface area contributed by atoms with E-state index in [0.29, 0.717) is 25.3 Å². The summed E-state index contributed by atoms with van der Waals surface area (Å²) in [5.74, 6) is -0.144. The third-order valence-corrected chi connectivity index (χ3v) is 2.81. The van der Waals surface area contributed by atoms with Crippen LogP contribution < -0.4 is 4.74 Å². The Kier molecular flexibility index (Phi) is 7.28. The lowest BCUT2D eigenvalue weighted by Gasteiger charge is -2.24. The second-order valence-corrected chi connectivity index (χ2v) is 5.43. The van der Waals surface area contributed by atoms with Gasteiger partial charge in [-0.1, -0.05) is 13.8 Å². The van der Waals surface area contributed by atoms with E-state index in [9.17, 15) is 18.0 Å². The summed E-state index contributed by atoms with van der Waals surface area (Å²) >= 11 is 0. The lowest BCUT2D eigenvalue weighted by Crippen LogP contribution is -2.36. The smallest absolute Gasteiger partial charge is 0.422 e. The van der Waals surface area contributed by atoms with Gasteiger partial charge in [-0.2, -0.15) is 13.2 Å². The molecule has 1 aromatic rings. The zero-order valence-electron chi connectivity index (χ0n) is 13.4. The first-order chi connectivity index (χ1) is 10.7. The van der Waals surface area contributed by atoms with Crippen molar-refractivity contribution in [1.29, 1.82) is 0 Å². The number of nitrogens with zero attached hydrogens (tertiary/aromatic N) is 2. The fraction of sp³-hybridized carbons (Fsp3) is 0.600. The molecule has 1 rings (SSSR count). The maximum Gasteiger partial charge on any atom is 0.422 e. The van der Waals surface area contributed by atoms with E-state index in [0.717, 1.165) is 0 Å². The summed E-state index contributed by atoms with van der Waals surface area (Å²) in [6.07, 6.45) is -3.21. The number of pyridine rings is 1. The molecule has 0 saturated heterocycles. The molecule has 0 spiro atoms. The summed E-state index contributed by atoms with van der Waals surface area (Å²) < 4.78 is 45.7. The fourth-order valence-corrected chi connectivity index (χ4v) is 1.85. The molecule has 8 heteroatoms. The largest absolute Gasteiger partial charge is 0.468 e. The van der Waals surface area contributed by atoms with Gasteiger partial charge < -0.3 is 14.4 Å². The Bertz CT molecular complexity index is 490. The Labute approximate surface area is 133 Å². The van der Waals surface area contributed by atoms with E-state index in [2.05, 4.69) is 9.72 Å². The lowest BCUT2D eigenvalue weighted by atomic mass is 10.2. The molecule has 1 aromatic heterocycles. The number of aromatic nitrogens is 1. The summed E-state index contributed by atoms with van der Waals surface area (Å²) in [4.78, 5) is 17.8. The molecule has 1 amide bonds. The number of alkyl halides is 3. The minimum absolute atomic E-state index is 0.175. The molecule has 0 saturated carbocycles. The highest BCUT2D eigenvalue weighted by Crippen LogP contribution is 2.17. The molecule has 0 bridgehead atoms. The van der Waals surface area contributed by atoms with Crippen LogP contribution in [0.2, 0.25) is 0 Å². The molecule has 0 N–H and O–H groups in total. The molecule has 5 nitrogen and oxygen atoms in total. The number of methoxy groups -OCH3 is 1. The highest BCUT2D eigenvalue weighted by molar-refractivity contribution is 5.94. The third-order valence-electron chi connectivity index (χ3n) is 2.81. The Morgan fingerprint density at radius 3 is 2.52 bits per heavy atom. The Morgan fingerprint density at radius 2 is 2.04 bits per heavy atom. The Balaban J connectivity index is 2.73. The lowest BCUT2D eigenvalue weighted by molar-refractivity contribution is -0.154. The summed E-state index contributed by atoms with van der Waals surface area (Å²) in [5.41, 5.74) is 0.293. The molecule has 0 radical (unpaired) electrons. The van der Waals surface area contributed by atoms with Gasteiger partial charge in [0.25, 0.3) is 5.91 Å². The molecule has 23 heavy (non-hydrogen) atoms. The number of hydrogen-bond donors (Lipinski definition) is 0. The second kappa shape index (κ2) is 8.71. The minimum Gasteiger partial charge on any atom is -0.468 e. The number of halogens is 3. The minimum atomic E-state index is -4.43. The van der Waals surface area contributed by atoms with Crippen molar-refractivity contribution in [3.05, 3.63) is 23.9 Å². The number of carbonyl (C=O) groups excluding carboxylic acids is 1. The first kappa shape index (κ1) is 19.2. The molecule has 0 aromatic carbocycles. The summed E-state index contributed by atoms with van der Waals surface area (Å²) in [6.45, 7) is 3.94. The van der Waals surface area contributed by atoms with E-state index >= 15 is 0 Å². The number of rotatable bonds is 8. The van der Waals surface area contributed by atoms with Gasteiger partial charge in [0.2, 0.25) is 5.88 Å². The normalized spacial score (nSPS) is 11.6. The topological polar surface area (TPSA) is 51.7 Å². The molecule has 0 aliphatic heterocycles. The maximum absolute atomic E-state index is 12.4. The average molecular weight is 334 g/mol. The van der Waals surface area contributed by atoms with Crippen molar-refractivity contribution in [2.24, 2.45) is 5.92 Å². The van der Waals surface area contributed by atoms with E-state index in [1.54, 1.807) is 12.0 Å². The number of amides is 1. The highest BCUT2D eigenvalue weighted by Gasteiger charge is 2.28. The van der Waals surface area contributed by atoms with Crippen molar-refractivity contribution >= 4 is 5.91 Å². The standard InChI is InChI=1S/C15H21F3N2O3/c1-11(2)9-20(6-7-22-3)14(21)12-4-5-13(19-8-12)23-10-15(16,17)18/h4-5,8,11H,6-7,9-10H2,1-3H3. The van der Waals surface area contributed by atoms with Gasteiger partial charge in [-0.15, -0.1) is 0 Å². The van der Waals surface area contributed by atoms with Crippen molar-refractivity contribution in [3.8, 4) is 5.88 Å². The predicted molar refractivity (Wildman–Crippen MR) is 78.4 cm³/mol. The number of hydrogen-bond acceptors (Lipinski definition) is 4. The zero-order chi connectivity index (χ0) is 17.5. The van der Waals surface area contributed by atoms with Crippen LogP contribution in [0.15, 0.2) is 18.3 Å². The van der Waals surface area contributed by atoms with Crippen LogP contribution in [0.4, 0.5) is 13.2 Å².